The van der Waals surface area contributed by atoms with Gasteiger partial charge in [-0.05, 0) is 96.8 Å². The van der Waals surface area contributed by atoms with Crippen molar-refractivity contribution in [3.63, 3.8) is 0 Å². The van der Waals surface area contributed by atoms with Crippen LogP contribution in [-0.2, 0) is 27.1 Å². The van der Waals surface area contributed by atoms with E-state index in [1.54, 1.807) is 90.1 Å². The second-order valence-electron chi connectivity index (χ2n) is 13.5. The van der Waals surface area contributed by atoms with Gasteiger partial charge in [-0.3, -0.25) is 0 Å². The summed E-state index contributed by atoms with van der Waals surface area (Å²) in [5.74, 6) is 0.476. The lowest BCUT2D eigenvalue weighted by atomic mass is 10.1. The van der Waals surface area contributed by atoms with Crippen molar-refractivity contribution in [2.45, 2.75) is 78.6 Å². The van der Waals surface area contributed by atoms with Gasteiger partial charge in [0.2, 0.25) is 0 Å². The lowest BCUT2D eigenvalue weighted by Gasteiger charge is -2.26. The molecule has 3 aromatic carbocycles. The topological polar surface area (TPSA) is 129 Å². The molecule has 4 aromatic rings. The highest BCUT2D eigenvalue weighted by Gasteiger charge is 2.29. The molecule has 10 nitrogen and oxygen atoms in total. The summed E-state index contributed by atoms with van der Waals surface area (Å²) in [7, 11) is 0. The molecule has 0 aliphatic rings. The highest BCUT2D eigenvalue weighted by molar-refractivity contribution is 5.91. The summed E-state index contributed by atoms with van der Waals surface area (Å²) in [6.07, 6.45) is 1.82. The molecule has 256 valence electrons. The molecule has 1 heterocycles. The molecule has 10 heteroatoms. The molecular weight excluding hydrogens is 620 g/mol. The molecule has 2 N–H and O–H groups in total. The van der Waals surface area contributed by atoms with Gasteiger partial charge in [-0.15, -0.1) is 6.58 Å². The van der Waals surface area contributed by atoms with E-state index in [9.17, 15) is 14.4 Å². The van der Waals surface area contributed by atoms with Crippen LogP contribution in [-0.4, -0.2) is 45.2 Å². The number of nitrogens with zero attached hydrogens (tertiary/aromatic N) is 2. The van der Waals surface area contributed by atoms with Gasteiger partial charge in [-0.25, -0.2) is 24.4 Å². The third-order valence-electron chi connectivity index (χ3n) is 6.93. The predicted octanol–water partition coefficient (Wildman–Crippen LogP) is 7.92. The van der Waals surface area contributed by atoms with Crippen LogP contribution in [0.1, 0.15) is 68.7 Å². The van der Waals surface area contributed by atoms with Gasteiger partial charge in [0.1, 0.15) is 28.8 Å². The summed E-state index contributed by atoms with van der Waals surface area (Å²) in [6, 6.07) is 22.4. The maximum atomic E-state index is 13.0. The van der Waals surface area contributed by atoms with Crippen LogP contribution in [0.3, 0.4) is 0 Å². The molecule has 0 fully saturated rings. The Morgan fingerprint density at radius 2 is 1.47 bits per heavy atom. The molecule has 0 saturated carbocycles. The van der Waals surface area contributed by atoms with Gasteiger partial charge in [0, 0.05) is 28.9 Å². The van der Waals surface area contributed by atoms with Crippen LogP contribution < -0.4 is 15.4 Å². The first-order chi connectivity index (χ1) is 23.1. The largest absolute Gasteiger partial charge is 0.458 e. The van der Waals surface area contributed by atoms with Crippen molar-refractivity contribution in [3.8, 4) is 17.1 Å². The molecule has 0 aliphatic carbocycles. The number of amides is 1. The zero-order valence-electron chi connectivity index (χ0n) is 29.1. The minimum Gasteiger partial charge on any atom is -0.458 e. The molecule has 49 heavy (non-hydrogen) atoms. The molecule has 0 aliphatic heterocycles. The number of allylic oxidation sites excluding steroid dienone is 1. The Labute approximate surface area is 287 Å². The fraction of sp³-hybridized carbons (Fsp3) is 0.308. The van der Waals surface area contributed by atoms with Gasteiger partial charge in [-0.1, -0.05) is 48.5 Å². The van der Waals surface area contributed by atoms with Gasteiger partial charge in [0.25, 0.3) is 0 Å². The summed E-state index contributed by atoms with van der Waals surface area (Å²) in [5.41, 5.74) is 3.02. The number of anilines is 2. The Balaban J connectivity index is 1.43. The fourth-order valence-corrected chi connectivity index (χ4v) is 4.74. The Hall–Kier alpha value is -5.51. The highest BCUT2D eigenvalue weighted by atomic mass is 16.6. The molecular formula is C39H44N4O6. The Morgan fingerprint density at radius 1 is 0.837 bits per heavy atom. The van der Waals surface area contributed by atoms with E-state index in [4.69, 9.17) is 24.2 Å². The van der Waals surface area contributed by atoms with Gasteiger partial charge in [0.05, 0.1) is 5.56 Å². The van der Waals surface area contributed by atoms with Crippen molar-refractivity contribution in [1.29, 1.82) is 0 Å². The van der Waals surface area contributed by atoms with Crippen LogP contribution >= 0.6 is 0 Å². The van der Waals surface area contributed by atoms with E-state index in [1.807, 2.05) is 43.3 Å². The number of hydrogen-bond donors (Lipinski definition) is 2. The Kier molecular flexibility index (Phi) is 11.6. The minimum absolute atomic E-state index is 0.143. The maximum Gasteiger partial charge on any atom is 0.408 e. The first-order valence-corrected chi connectivity index (χ1v) is 16.0. The highest BCUT2D eigenvalue weighted by Crippen LogP contribution is 2.26. The Bertz CT molecular complexity index is 1770. The summed E-state index contributed by atoms with van der Waals surface area (Å²) >= 11 is 0. The van der Waals surface area contributed by atoms with E-state index < -0.39 is 35.3 Å². The SMILES string of the molecule is C=CCc1c(C)nc(-c2ccccc2)nc1Nc1ccc(C(=O)Oc2ccc(C[C@H](NC(=O)OC(C)(C)C)C(=O)OC(C)(C)C)cc2)cc1. The monoisotopic (exact) mass is 664 g/mol. The van der Waals surface area contributed by atoms with Gasteiger partial charge in [0.15, 0.2) is 5.82 Å². The first-order valence-electron chi connectivity index (χ1n) is 16.0. The first kappa shape index (κ1) is 36.3. The Morgan fingerprint density at radius 3 is 2.06 bits per heavy atom. The quantitative estimate of drug-likeness (QED) is 0.0933. The van der Waals surface area contributed by atoms with Crippen molar-refractivity contribution < 1.29 is 28.6 Å². The number of hydrogen-bond acceptors (Lipinski definition) is 9. The van der Waals surface area contributed by atoms with E-state index in [0.717, 1.165) is 22.5 Å². The van der Waals surface area contributed by atoms with Crippen LogP contribution in [0.5, 0.6) is 5.75 Å². The summed E-state index contributed by atoms with van der Waals surface area (Å²) in [6.45, 7) is 16.3. The summed E-state index contributed by atoms with van der Waals surface area (Å²) in [5, 5.41) is 5.99. The van der Waals surface area contributed by atoms with Crippen molar-refractivity contribution in [2.24, 2.45) is 0 Å². The van der Waals surface area contributed by atoms with Crippen molar-refractivity contribution in [3.05, 3.63) is 114 Å². The predicted molar refractivity (Wildman–Crippen MR) is 190 cm³/mol. The molecule has 0 saturated heterocycles. The number of aryl methyl sites for hydroxylation is 1. The smallest absolute Gasteiger partial charge is 0.408 e. The van der Waals surface area contributed by atoms with E-state index in [2.05, 4.69) is 17.2 Å². The molecule has 0 radical (unpaired) electrons. The number of esters is 2. The lowest BCUT2D eigenvalue weighted by molar-refractivity contribution is -0.157. The number of carbonyl (C=O) groups excluding carboxylic acids is 3. The van der Waals surface area contributed by atoms with E-state index in [1.165, 1.54) is 0 Å². The number of aromatic nitrogens is 2. The molecule has 1 aromatic heterocycles. The molecule has 1 atom stereocenters. The molecule has 0 spiro atoms. The van der Waals surface area contributed by atoms with Gasteiger partial charge in [-0.2, -0.15) is 0 Å². The van der Waals surface area contributed by atoms with Gasteiger partial charge >= 0.3 is 18.0 Å². The van der Waals surface area contributed by atoms with Crippen LogP contribution in [0.25, 0.3) is 11.4 Å². The van der Waals surface area contributed by atoms with Crippen molar-refractivity contribution >= 4 is 29.5 Å². The van der Waals surface area contributed by atoms with E-state index >= 15 is 0 Å². The van der Waals surface area contributed by atoms with Crippen molar-refractivity contribution in [1.82, 2.24) is 15.3 Å². The molecule has 1 amide bonds. The van der Waals surface area contributed by atoms with Crippen LogP contribution in [0.2, 0.25) is 0 Å². The number of nitrogens with one attached hydrogen (secondary N) is 2. The normalized spacial score (nSPS) is 12.0. The second-order valence-corrected chi connectivity index (χ2v) is 13.5. The average molecular weight is 665 g/mol. The van der Waals surface area contributed by atoms with E-state index in [0.29, 0.717) is 34.9 Å². The zero-order chi connectivity index (χ0) is 35.8. The zero-order valence-corrected chi connectivity index (χ0v) is 29.1. The average Bonchev–Trinajstić information content (AvgIpc) is 3.02. The summed E-state index contributed by atoms with van der Waals surface area (Å²) in [4.78, 5) is 47.9. The molecule has 0 unspecified atom stereocenters. The second kappa shape index (κ2) is 15.6. The van der Waals surface area contributed by atoms with Crippen LogP contribution in [0.4, 0.5) is 16.3 Å². The molecule has 0 bridgehead atoms. The van der Waals surface area contributed by atoms with Crippen molar-refractivity contribution in [2.75, 3.05) is 5.32 Å². The lowest BCUT2D eigenvalue weighted by Crippen LogP contribution is -2.47. The van der Waals surface area contributed by atoms with Crippen LogP contribution in [0.15, 0.2) is 91.5 Å². The number of benzene rings is 3. The third-order valence-corrected chi connectivity index (χ3v) is 6.93. The third kappa shape index (κ3) is 11.0. The summed E-state index contributed by atoms with van der Waals surface area (Å²) < 4.78 is 16.5. The van der Waals surface area contributed by atoms with Crippen LogP contribution in [0, 0.1) is 6.92 Å². The minimum atomic E-state index is -0.987. The van der Waals surface area contributed by atoms with Gasteiger partial charge < -0.3 is 24.8 Å². The fourth-order valence-electron chi connectivity index (χ4n) is 4.74. The number of alkyl carbamates (subject to hydrolysis) is 1. The number of rotatable bonds is 11. The maximum absolute atomic E-state index is 13.0. The van der Waals surface area contributed by atoms with E-state index in [-0.39, 0.29) is 6.42 Å². The number of ether oxygens (including phenoxy) is 3. The molecule has 4 rings (SSSR count). The standard InChI is InChI=1S/C39H44N4O6/c1-9-13-31-25(2)40-33(27-14-11-10-12-15-27)43-34(31)41-29-20-18-28(19-21-29)35(44)47-30-22-16-26(17-23-30)24-32(36(45)48-38(3,4)5)42-37(46)49-39(6,7)8/h9-12,14-23,32H,1,13,24H2,2-8H3,(H,42,46)(H,40,41,43)/t32-/m0/s1. The number of carbonyl (C=O) groups is 3.